The maximum atomic E-state index is 12.2. The molecule has 0 aliphatic carbocycles. The molecule has 23 heavy (non-hydrogen) atoms. The molecular weight excluding hydrogens is 357 g/mol. The zero-order valence-electron chi connectivity index (χ0n) is 12.4. The van der Waals surface area contributed by atoms with Gasteiger partial charge in [-0.2, -0.15) is 0 Å². The second-order valence-electron chi connectivity index (χ2n) is 5.29. The van der Waals surface area contributed by atoms with Crippen LogP contribution in [0.5, 0.6) is 5.75 Å². The fourth-order valence-corrected chi connectivity index (χ4v) is 3.29. The number of nitrogens with zero attached hydrogens (tertiary/aromatic N) is 2. The molecule has 0 spiro atoms. The highest BCUT2D eigenvalue weighted by Crippen LogP contribution is 2.25. The molecule has 2 aromatic rings. The fourth-order valence-electron chi connectivity index (χ4n) is 2.37. The first kappa shape index (κ1) is 16.4. The molecule has 1 atom stereocenters. The second kappa shape index (κ2) is 6.95. The van der Waals surface area contributed by atoms with Gasteiger partial charge in [0.05, 0.1) is 12.7 Å². The van der Waals surface area contributed by atoms with E-state index in [0.29, 0.717) is 27.6 Å². The first-order valence-electron chi connectivity index (χ1n) is 7.11. The average Bonchev–Trinajstić information content (AvgIpc) is 3.12. The molecule has 1 aliphatic heterocycles. The molecule has 8 heteroatoms. The molecule has 1 unspecified atom stereocenters. The molecule has 1 fully saturated rings. The van der Waals surface area contributed by atoms with Crippen molar-refractivity contribution in [3.63, 3.8) is 0 Å². The van der Waals surface area contributed by atoms with Crippen LogP contribution in [0, 0.1) is 6.92 Å². The molecule has 0 radical (unpaired) electrons. The third-order valence-corrected chi connectivity index (χ3v) is 5.01. The van der Waals surface area contributed by atoms with Gasteiger partial charge in [0.2, 0.25) is 0 Å². The Morgan fingerprint density at radius 3 is 3.00 bits per heavy atom. The topological polar surface area (TPSA) is 54.5 Å². The second-order valence-corrected chi connectivity index (χ2v) is 7.35. The number of benzene rings is 1. The summed E-state index contributed by atoms with van der Waals surface area (Å²) < 4.78 is 6.47. The number of likely N-dealkylation sites (tertiary alicyclic amines) is 1. The summed E-state index contributed by atoms with van der Waals surface area (Å²) in [5, 5.41) is 3.96. The lowest BCUT2D eigenvalue weighted by molar-refractivity contribution is 0.195. The average molecular weight is 372 g/mol. The maximum Gasteiger partial charge on any atom is 0.323 e. The number of nitrogens with one attached hydrogen (secondary N) is 1. The minimum atomic E-state index is -0.186. The van der Waals surface area contributed by atoms with E-state index in [0.717, 1.165) is 17.7 Å². The number of carbonyl (C=O) groups is 1. The van der Waals surface area contributed by atoms with Gasteiger partial charge in [-0.05, 0) is 30.7 Å². The van der Waals surface area contributed by atoms with E-state index in [1.807, 2.05) is 25.1 Å². The number of aromatic nitrogens is 1. The number of thiazole rings is 1. The van der Waals surface area contributed by atoms with Crippen LogP contribution in [0.1, 0.15) is 12.0 Å². The lowest BCUT2D eigenvalue weighted by Gasteiger charge is -2.17. The van der Waals surface area contributed by atoms with Crippen LogP contribution in [0.4, 0.5) is 9.93 Å². The molecular formula is C15H15Cl2N3O2S. The molecule has 5 nitrogen and oxygen atoms in total. The summed E-state index contributed by atoms with van der Waals surface area (Å²) in [7, 11) is 0. The molecule has 0 bridgehead atoms. The van der Waals surface area contributed by atoms with Crippen LogP contribution in [0.2, 0.25) is 9.36 Å². The largest absolute Gasteiger partial charge is 0.489 e. The van der Waals surface area contributed by atoms with Crippen molar-refractivity contribution in [2.45, 2.75) is 19.4 Å². The number of rotatable bonds is 3. The zero-order valence-corrected chi connectivity index (χ0v) is 14.7. The van der Waals surface area contributed by atoms with Crippen LogP contribution in [-0.4, -0.2) is 35.1 Å². The molecule has 2 heterocycles. The molecule has 122 valence electrons. The van der Waals surface area contributed by atoms with Gasteiger partial charge in [-0.1, -0.05) is 34.5 Å². The number of amides is 2. The van der Waals surface area contributed by atoms with E-state index in [4.69, 9.17) is 27.9 Å². The maximum absolute atomic E-state index is 12.2. The van der Waals surface area contributed by atoms with Crippen LogP contribution < -0.4 is 10.1 Å². The van der Waals surface area contributed by atoms with Crippen molar-refractivity contribution in [3.8, 4) is 5.75 Å². The molecule has 1 aliphatic rings. The van der Waals surface area contributed by atoms with Crippen molar-refractivity contribution in [1.82, 2.24) is 9.88 Å². The lowest BCUT2D eigenvalue weighted by atomic mass is 10.2. The predicted molar refractivity (Wildman–Crippen MR) is 92.9 cm³/mol. The monoisotopic (exact) mass is 371 g/mol. The summed E-state index contributed by atoms with van der Waals surface area (Å²) in [5.41, 5.74) is 0.970. The van der Waals surface area contributed by atoms with Crippen molar-refractivity contribution in [3.05, 3.63) is 39.3 Å². The van der Waals surface area contributed by atoms with Crippen LogP contribution in [-0.2, 0) is 0 Å². The van der Waals surface area contributed by atoms with Gasteiger partial charge in [-0.15, -0.1) is 0 Å². The molecule has 3 rings (SSSR count). The predicted octanol–water partition coefficient (Wildman–Crippen LogP) is 4.44. The third-order valence-electron chi connectivity index (χ3n) is 3.56. The van der Waals surface area contributed by atoms with E-state index in [-0.39, 0.29) is 12.1 Å². The molecule has 2 amide bonds. The standard InChI is InChI=1S/C15H15Cl2N3O2S/c1-9-6-10(2-3-12(9)16)22-11-4-5-20(8-11)15(21)19-14-18-7-13(17)23-14/h2-3,6-7,11H,4-5,8H2,1H3,(H,18,19,21). The summed E-state index contributed by atoms with van der Waals surface area (Å²) in [6.45, 7) is 3.11. The van der Waals surface area contributed by atoms with Crippen molar-refractivity contribution in [2.24, 2.45) is 0 Å². The first-order chi connectivity index (χ1) is 11.0. The van der Waals surface area contributed by atoms with E-state index in [9.17, 15) is 4.79 Å². The van der Waals surface area contributed by atoms with Crippen molar-refractivity contribution in [1.29, 1.82) is 0 Å². The van der Waals surface area contributed by atoms with Gasteiger partial charge in [0.25, 0.3) is 0 Å². The third kappa shape index (κ3) is 4.07. The summed E-state index contributed by atoms with van der Waals surface area (Å²) in [4.78, 5) is 17.9. The quantitative estimate of drug-likeness (QED) is 0.867. The number of carbonyl (C=O) groups excluding carboxylic acids is 1. The van der Waals surface area contributed by atoms with Crippen molar-refractivity contribution in [2.75, 3.05) is 18.4 Å². The van der Waals surface area contributed by atoms with Crippen LogP contribution in [0.3, 0.4) is 0 Å². The highest BCUT2D eigenvalue weighted by atomic mass is 35.5. The SMILES string of the molecule is Cc1cc(OC2CCN(C(=O)Nc3ncc(Cl)s3)C2)ccc1Cl. The Balaban J connectivity index is 1.55. The fraction of sp³-hybridized carbons (Fsp3) is 0.333. The van der Waals surface area contributed by atoms with Gasteiger partial charge in [0.15, 0.2) is 5.13 Å². The lowest BCUT2D eigenvalue weighted by Crippen LogP contribution is -2.34. The highest BCUT2D eigenvalue weighted by Gasteiger charge is 2.28. The summed E-state index contributed by atoms with van der Waals surface area (Å²) >= 11 is 13.0. The number of hydrogen-bond acceptors (Lipinski definition) is 4. The van der Waals surface area contributed by atoms with Gasteiger partial charge in [-0.25, -0.2) is 9.78 Å². The number of hydrogen-bond donors (Lipinski definition) is 1. The summed E-state index contributed by atoms with van der Waals surface area (Å²) in [5.74, 6) is 0.769. The van der Waals surface area contributed by atoms with Gasteiger partial charge in [0.1, 0.15) is 16.2 Å². The highest BCUT2D eigenvalue weighted by molar-refractivity contribution is 7.19. The van der Waals surface area contributed by atoms with E-state index in [1.54, 1.807) is 4.90 Å². The van der Waals surface area contributed by atoms with Crippen molar-refractivity contribution < 1.29 is 9.53 Å². The Kier molecular flexibility index (Phi) is 4.94. The van der Waals surface area contributed by atoms with Crippen LogP contribution >= 0.6 is 34.5 Å². The Hall–Kier alpha value is -1.50. The normalized spacial score (nSPS) is 17.3. The van der Waals surface area contributed by atoms with Gasteiger partial charge in [-0.3, -0.25) is 5.32 Å². The molecule has 1 aromatic heterocycles. The number of halogens is 2. The smallest absolute Gasteiger partial charge is 0.323 e. The van der Waals surface area contributed by atoms with Gasteiger partial charge >= 0.3 is 6.03 Å². The van der Waals surface area contributed by atoms with Crippen LogP contribution in [0.25, 0.3) is 0 Å². The van der Waals surface area contributed by atoms with E-state index in [1.165, 1.54) is 17.5 Å². The zero-order chi connectivity index (χ0) is 16.4. The van der Waals surface area contributed by atoms with E-state index in [2.05, 4.69) is 10.3 Å². The summed E-state index contributed by atoms with van der Waals surface area (Å²) in [6.07, 6.45) is 2.27. The minimum absolute atomic E-state index is 0.0267. The Bertz CT molecular complexity index is 722. The molecule has 0 saturated carbocycles. The molecule has 1 N–H and O–H groups in total. The Morgan fingerprint density at radius 2 is 2.30 bits per heavy atom. The number of urea groups is 1. The number of aryl methyl sites for hydroxylation is 1. The minimum Gasteiger partial charge on any atom is -0.489 e. The number of anilines is 1. The van der Waals surface area contributed by atoms with E-state index < -0.39 is 0 Å². The van der Waals surface area contributed by atoms with Gasteiger partial charge < -0.3 is 9.64 Å². The molecule has 1 aromatic carbocycles. The van der Waals surface area contributed by atoms with Crippen LogP contribution in [0.15, 0.2) is 24.4 Å². The van der Waals surface area contributed by atoms with Gasteiger partial charge in [0, 0.05) is 18.0 Å². The number of ether oxygens (including phenoxy) is 1. The Morgan fingerprint density at radius 1 is 1.48 bits per heavy atom. The van der Waals surface area contributed by atoms with E-state index >= 15 is 0 Å². The van der Waals surface area contributed by atoms with Crippen molar-refractivity contribution >= 4 is 45.7 Å². The Labute approximate surface area is 148 Å². The molecule has 1 saturated heterocycles. The summed E-state index contributed by atoms with van der Waals surface area (Å²) in [6, 6.07) is 5.38. The first-order valence-corrected chi connectivity index (χ1v) is 8.68.